The standard InChI is InChI=1S/C6H12S/c1-4-6(7)5(2)3/h6-7H,2,4H2,1,3H3/t6-/m0/s1. The van der Waals surface area contributed by atoms with Gasteiger partial charge in [0, 0.05) is 5.25 Å². The molecule has 0 bridgehead atoms. The first-order valence-electron chi connectivity index (χ1n) is 2.52. The first-order chi connectivity index (χ1) is 3.18. The Hall–Kier alpha value is 0.0900. The van der Waals surface area contributed by atoms with Crippen molar-refractivity contribution >= 4 is 12.6 Å². The summed E-state index contributed by atoms with van der Waals surface area (Å²) in [6.45, 7) is 7.85. The van der Waals surface area contributed by atoms with E-state index >= 15 is 0 Å². The lowest BCUT2D eigenvalue weighted by Gasteiger charge is -2.03. The summed E-state index contributed by atoms with van der Waals surface area (Å²) in [5.74, 6) is 0. The highest BCUT2D eigenvalue weighted by Crippen LogP contribution is 2.08. The molecule has 0 aromatic carbocycles. The van der Waals surface area contributed by atoms with Gasteiger partial charge in [0.25, 0.3) is 0 Å². The maximum absolute atomic E-state index is 4.23. The minimum Gasteiger partial charge on any atom is -0.171 e. The van der Waals surface area contributed by atoms with E-state index in [0.29, 0.717) is 5.25 Å². The fourth-order valence-electron chi connectivity index (χ4n) is 0.348. The second kappa shape index (κ2) is 3.14. The van der Waals surface area contributed by atoms with Crippen LogP contribution in [-0.4, -0.2) is 5.25 Å². The van der Waals surface area contributed by atoms with E-state index < -0.39 is 0 Å². The lowest BCUT2D eigenvalue weighted by atomic mass is 10.2. The third-order valence-corrected chi connectivity index (χ3v) is 1.76. The molecule has 0 aliphatic rings. The van der Waals surface area contributed by atoms with Gasteiger partial charge in [0.05, 0.1) is 0 Å². The van der Waals surface area contributed by atoms with Gasteiger partial charge in [-0.25, -0.2) is 0 Å². The van der Waals surface area contributed by atoms with E-state index in [0.717, 1.165) is 12.0 Å². The molecule has 0 aromatic rings. The van der Waals surface area contributed by atoms with E-state index in [9.17, 15) is 0 Å². The molecule has 1 heteroatoms. The van der Waals surface area contributed by atoms with Gasteiger partial charge in [0.15, 0.2) is 0 Å². The van der Waals surface area contributed by atoms with E-state index in [1.807, 2.05) is 6.92 Å². The van der Waals surface area contributed by atoms with Crippen LogP contribution in [-0.2, 0) is 0 Å². The van der Waals surface area contributed by atoms with Crippen LogP contribution in [0.5, 0.6) is 0 Å². The Labute approximate surface area is 51.0 Å². The molecule has 0 aliphatic carbocycles. The summed E-state index contributed by atoms with van der Waals surface area (Å²) >= 11 is 4.23. The molecule has 0 aromatic heterocycles. The molecule has 0 nitrogen and oxygen atoms in total. The molecular formula is C6H12S. The molecule has 42 valence electrons. The number of rotatable bonds is 2. The van der Waals surface area contributed by atoms with Crippen molar-refractivity contribution in [3.63, 3.8) is 0 Å². The predicted molar refractivity (Wildman–Crippen MR) is 37.9 cm³/mol. The summed E-state index contributed by atoms with van der Waals surface area (Å²) < 4.78 is 0. The topological polar surface area (TPSA) is 0 Å². The van der Waals surface area contributed by atoms with Crippen molar-refractivity contribution in [1.29, 1.82) is 0 Å². The van der Waals surface area contributed by atoms with Crippen LogP contribution in [0, 0.1) is 0 Å². The number of hydrogen-bond acceptors (Lipinski definition) is 1. The Morgan fingerprint density at radius 1 is 1.86 bits per heavy atom. The lowest BCUT2D eigenvalue weighted by Crippen LogP contribution is -1.94. The van der Waals surface area contributed by atoms with Gasteiger partial charge in [-0.05, 0) is 13.3 Å². The van der Waals surface area contributed by atoms with Crippen LogP contribution in [0.25, 0.3) is 0 Å². The Morgan fingerprint density at radius 3 is 2.29 bits per heavy atom. The fraction of sp³-hybridized carbons (Fsp3) is 0.667. The first-order valence-corrected chi connectivity index (χ1v) is 3.03. The summed E-state index contributed by atoms with van der Waals surface area (Å²) in [7, 11) is 0. The molecule has 0 radical (unpaired) electrons. The van der Waals surface area contributed by atoms with Gasteiger partial charge >= 0.3 is 0 Å². The molecular weight excluding hydrogens is 104 g/mol. The van der Waals surface area contributed by atoms with E-state index in [-0.39, 0.29) is 0 Å². The largest absolute Gasteiger partial charge is 0.171 e. The van der Waals surface area contributed by atoms with Gasteiger partial charge in [0.2, 0.25) is 0 Å². The number of thiol groups is 1. The molecule has 0 amide bonds. The van der Waals surface area contributed by atoms with Gasteiger partial charge in [-0.3, -0.25) is 0 Å². The molecule has 7 heavy (non-hydrogen) atoms. The van der Waals surface area contributed by atoms with E-state index in [4.69, 9.17) is 0 Å². The van der Waals surface area contributed by atoms with Crippen molar-refractivity contribution in [3.05, 3.63) is 12.2 Å². The zero-order valence-electron chi connectivity index (χ0n) is 4.94. The molecule has 0 saturated heterocycles. The molecule has 0 unspecified atom stereocenters. The van der Waals surface area contributed by atoms with Gasteiger partial charge in [-0.15, -0.1) is 0 Å². The minimum absolute atomic E-state index is 0.403. The third kappa shape index (κ3) is 2.75. The van der Waals surface area contributed by atoms with Gasteiger partial charge in [0.1, 0.15) is 0 Å². The summed E-state index contributed by atoms with van der Waals surface area (Å²) in [4.78, 5) is 0. The van der Waals surface area contributed by atoms with E-state index in [1.54, 1.807) is 0 Å². The second-order valence-electron chi connectivity index (χ2n) is 1.77. The molecule has 0 rings (SSSR count). The van der Waals surface area contributed by atoms with Crippen molar-refractivity contribution in [2.45, 2.75) is 25.5 Å². The van der Waals surface area contributed by atoms with Crippen LogP contribution in [0.2, 0.25) is 0 Å². The predicted octanol–water partition coefficient (Wildman–Crippen LogP) is 2.27. The van der Waals surface area contributed by atoms with Crippen molar-refractivity contribution < 1.29 is 0 Å². The summed E-state index contributed by atoms with van der Waals surface area (Å²) in [6.07, 6.45) is 1.08. The van der Waals surface area contributed by atoms with Crippen LogP contribution in [0.1, 0.15) is 20.3 Å². The molecule has 0 aliphatic heterocycles. The van der Waals surface area contributed by atoms with Crippen LogP contribution < -0.4 is 0 Å². The normalized spacial score (nSPS) is 13.6. The molecule has 0 saturated carbocycles. The highest BCUT2D eigenvalue weighted by atomic mass is 32.1. The monoisotopic (exact) mass is 116 g/mol. The summed E-state index contributed by atoms with van der Waals surface area (Å²) in [5.41, 5.74) is 1.16. The highest BCUT2D eigenvalue weighted by Gasteiger charge is 1.95. The van der Waals surface area contributed by atoms with E-state index in [2.05, 4.69) is 26.1 Å². The lowest BCUT2D eigenvalue weighted by molar-refractivity contribution is 0.935. The summed E-state index contributed by atoms with van der Waals surface area (Å²) in [5, 5.41) is 0.403. The second-order valence-corrected chi connectivity index (χ2v) is 2.39. The average molecular weight is 116 g/mol. The molecule has 1 atom stereocenters. The quantitative estimate of drug-likeness (QED) is 0.415. The van der Waals surface area contributed by atoms with Crippen molar-refractivity contribution in [2.75, 3.05) is 0 Å². The highest BCUT2D eigenvalue weighted by molar-refractivity contribution is 7.81. The Bertz CT molecular complexity index is 66.6. The maximum atomic E-state index is 4.23. The summed E-state index contributed by atoms with van der Waals surface area (Å²) in [6, 6.07) is 0. The Kier molecular flexibility index (Phi) is 3.18. The first kappa shape index (κ1) is 7.09. The molecule has 0 spiro atoms. The number of hydrogen-bond donors (Lipinski definition) is 1. The smallest absolute Gasteiger partial charge is 0.0218 e. The minimum atomic E-state index is 0.403. The van der Waals surface area contributed by atoms with Crippen LogP contribution in [0.15, 0.2) is 12.2 Å². The van der Waals surface area contributed by atoms with Gasteiger partial charge in [-0.2, -0.15) is 12.6 Å². The molecule has 0 N–H and O–H groups in total. The Morgan fingerprint density at radius 2 is 2.29 bits per heavy atom. The van der Waals surface area contributed by atoms with Crippen LogP contribution in [0.3, 0.4) is 0 Å². The van der Waals surface area contributed by atoms with Crippen molar-refractivity contribution in [2.24, 2.45) is 0 Å². The Balaban J connectivity index is 3.34. The van der Waals surface area contributed by atoms with Crippen LogP contribution in [0.4, 0.5) is 0 Å². The third-order valence-electron chi connectivity index (χ3n) is 0.956. The van der Waals surface area contributed by atoms with Crippen molar-refractivity contribution in [3.8, 4) is 0 Å². The zero-order valence-corrected chi connectivity index (χ0v) is 5.83. The maximum Gasteiger partial charge on any atom is 0.0218 e. The van der Waals surface area contributed by atoms with Gasteiger partial charge < -0.3 is 0 Å². The van der Waals surface area contributed by atoms with Gasteiger partial charge in [-0.1, -0.05) is 19.1 Å². The molecule has 0 fully saturated rings. The van der Waals surface area contributed by atoms with Crippen LogP contribution >= 0.6 is 12.6 Å². The fourth-order valence-corrected chi connectivity index (χ4v) is 0.348. The van der Waals surface area contributed by atoms with Crippen molar-refractivity contribution in [1.82, 2.24) is 0 Å². The SMILES string of the molecule is C=C(C)[C@@H](S)CC. The average Bonchev–Trinajstić information content (AvgIpc) is 1.65. The zero-order chi connectivity index (χ0) is 5.86. The van der Waals surface area contributed by atoms with E-state index in [1.165, 1.54) is 0 Å². The molecule has 0 heterocycles.